The number of hydrogen-bond donors (Lipinski definition) is 0. The summed E-state index contributed by atoms with van der Waals surface area (Å²) in [5, 5.41) is 3.20. The monoisotopic (exact) mass is 772 g/mol. The van der Waals surface area contributed by atoms with Crippen molar-refractivity contribution in [1.29, 1.82) is 0 Å². The first-order chi connectivity index (χ1) is 29.2. The lowest BCUT2D eigenvalue weighted by atomic mass is 9.94. The van der Waals surface area contributed by atoms with Crippen molar-refractivity contribution in [2.24, 2.45) is 0 Å². The van der Waals surface area contributed by atoms with E-state index < -0.39 is 0 Å². The molecule has 4 heterocycles. The van der Waals surface area contributed by atoms with E-state index in [-0.39, 0.29) is 0 Å². The van der Waals surface area contributed by atoms with Crippen molar-refractivity contribution in [3.05, 3.63) is 194 Å². The van der Waals surface area contributed by atoms with Crippen molar-refractivity contribution >= 4 is 42.5 Å². The normalized spacial score (nSPS) is 11.4. The summed E-state index contributed by atoms with van der Waals surface area (Å²) in [5.41, 5.74) is 11.2. The van der Waals surface area contributed by atoms with Gasteiger partial charge in [0.1, 0.15) is 4.83 Å². The summed E-state index contributed by atoms with van der Waals surface area (Å²) < 4.78 is 1.03. The lowest BCUT2D eigenvalue weighted by Crippen LogP contribution is -2.00. The number of aromatic nitrogens is 6. The molecule has 0 saturated carbocycles. The Morgan fingerprint density at radius 3 is 1.44 bits per heavy atom. The van der Waals surface area contributed by atoms with Crippen LogP contribution in [0.4, 0.5) is 0 Å². The summed E-state index contributed by atoms with van der Waals surface area (Å²) in [6, 6.07) is 64.7. The molecule has 0 aliphatic heterocycles. The standard InChI is InChI=1S/C52H32N6S/c1-4-13-33(14-5-1)34-24-28-36(29-25-34)45-47-46(44-23-12-32-53-52(44)59-47)55-48(54-45)39-30-26-35(27-31-39)40-19-10-21-42-41(40)20-11-22-43(42)51-57-49(37-15-6-2-7-16-37)56-50(58-51)38-17-8-3-9-18-38/h1-32H. The van der Waals surface area contributed by atoms with E-state index in [1.807, 2.05) is 79.0 Å². The van der Waals surface area contributed by atoms with E-state index in [1.165, 1.54) is 5.56 Å². The second kappa shape index (κ2) is 14.6. The maximum atomic E-state index is 5.25. The van der Waals surface area contributed by atoms with Crippen LogP contribution in [0.5, 0.6) is 0 Å². The fourth-order valence-corrected chi connectivity index (χ4v) is 8.83. The summed E-state index contributed by atoms with van der Waals surface area (Å²) >= 11 is 1.64. The van der Waals surface area contributed by atoms with Gasteiger partial charge in [-0.05, 0) is 45.2 Å². The van der Waals surface area contributed by atoms with Crippen molar-refractivity contribution in [2.75, 3.05) is 0 Å². The highest BCUT2D eigenvalue weighted by Gasteiger charge is 2.19. The van der Waals surface area contributed by atoms with Crippen LogP contribution in [0.2, 0.25) is 0 Å². The molecule has 7 aromatic carbocycles. The molecule has 0 atom stereocenters. The third kappa shape index (κ3) is 6.40. The van der Waals surface area contributed by atoms with Gasteiger partial charge in [-0.25, -0.2) is 29.9 Å². The maximum Gasteiger partial charge on any atom is 0.164 e. The zero-order chi connectivity index (χ0) is 39.1. The zero-order valence-electron chi connectivity index (χ0n) is 31.6. The molecule has 0 fully saturated rings. The van der Waals surface area contributed by atoms with Crippen LogP contribution < -0.4 is 0 Å². The molecule has 0 aliphatic carbocycles. The molecule has 0 N–H and O–H groups in total. The Balaban J connectivity index is 0.994. The first-order valence-electron chi connectivity index (χ1n) is 19.4. The molecule has 0 unspecified atom stereocenters. The van der Waals surface area contributed by atoms with E-state index in [2.05, 4.69) is 120 Å². The minimum Gasteiger partial charge on any atom is -0.245 e. The van der Waals surface area contributed by atoms with Gasteiger partial charge in [-0.1, -0.05) is 176 Å². The summed E-state index contributed by atoms with van der Waals surface area (Å²) in [4.78, 5) is 31.1. The van der Waals surface area contributed by atoms with Crippen LogP contribution in [0.25, 0.3) is 110 Å². The van der Waals surface area contributed by atoms with E-state index in [0.717, 1.165) is 81.4 Å². The zero-order valence-corrected chi connectivity index (χ0v) is 32.4. The van der Waals surface area contributed by atoms with Crippen molar-refractivity contribution in [3.63, 3.8) is 0 Å². The number of pyridine rings is 1. The predicted octanol–water partition coefficient (Wildman–Crippen LogP) is 13.2. The minimum absolute atomic E-state index is 0.630. The third-order valence-corrected chi connectivity index (χ3v) is 11.8. The van der Waals surface area contributed by atoms with Gasteiger partial charge in [0.25, 0.3) is 0 Å². The molecule has 0 saturated heterocycles. The minimum atomic E-state index is 0.630. The Labute approximate surface area is 344 Å². The molecule has 11 rings (SSSR count). The maximum absolute atomic E-state index is 5.25. The molecule has 0 radical (unpaired) electrons. The Morgan fingerprint density at radius 2 is 0.780 bits per heavy atom. The summed E-state index contributed by atoms with van der Waals surface area (Å²) in [7, 11) is 0. The number of fused-ring (bicyclic) bond motifs is 4. The van der Waals surface area contributed by atoms with E-state index >= 15 is 0 Å². The Hall–Kier alpha value is -7.74. The van der Waals surface area contributed by atoms with Crippen molar-refractivity contribution < 1.29 is 0 Å². The molecule has 6 nitrogen and oxygen atoms in total. The molecule has 7 heteroatoms. The van der Waals surface area contributed by atoms with Crippen LogP contribution in [-0.4, -0.2) is 29.9 Å². The molecule has 11 aromatic rings. The lowest BCUT2D eigenvalue weighted by molar-refractivity contribution is 1.08. The number of thiophene rings is 1. The highest BCUT2D eigenvalue weighted by atomic mass is 32.1. The van der Waals surface area contributed by atoms with Gasteiger partial charge >= 0.3 is 0 Å². The van der Waals surface area contributed by atoms with E-state index in [1.54, 1.807) is 11.3 Å². The average molecular weight is 773 g/mol. The molecule has 0 aliphatic rings. The number of nitrogens with zero attached hydrogens (tertiary/aromatic N) is 6. The molecule has 0 bridgehead atoms. The van der Waals surface area contributed by atoms with Gasteiger partial charge in [0.2, 0.25) is 0 Å². The fourth-order valence-electron chi connectivity index (χ4n) is 7.74. The van der Waals surface area contributed by atoms with Gasteiger partial charge in [-0.3, -0.25) is 0 Å². The SMILES string of the molecule is c1ccc(-c2ccc(-c3nc(-c4ccc(-c5cccc6c(-c7nc(-c8ccccc8)nc(-c8ccccc8)n7)cccc56)cc4)nc4c3sc3ncccc34)cc2)cc1. The first kappa shape index (κ1) is 34.5. The molecule has 0 amide bonds. The van der Waals surface area contributed by atoms with Gasteiger partial charge in [0, 0.05) is 39.4 Å². The van der Waals surface area contributed by atoms with Gasteiger partial charge in [-0.2, -0.15) is 0 Å². The Kier molecular flexibility index (Phi) is 8.56. The van der Waals surface area contributed by atoms with Crippen LogP contribution in [0.1, 0.15) is 0 Å². The number of rotatable bonds is 7. The largest absolute Gasteiger partial charge is 0.245 e. The third-order valence-electron chi connectivity index (χ3n) is 10.7. The van der Waals surface area contributed by atoms with Crippen LogP contribution >= 0.6 is 11.3 Å². The van der Waals surface area contributed by atoms with E-state index in [0.29, 0.717) is 23.3 Å². The second-order valence-electron chi connectivity index (χ2n) is 14.3. The van der Waals surface area contributed by atoms with Crippen molar-refractivity contribution in [1.82, 2.24) is 29.9 Å². The molecule has 59 heavy (non-hydrogen) atoms. The van der Waals surface area contributed by atoms with Crippen molar-refractivity contribution in [2.45, 2.75) is 0 Å². The van der Waals surface area contributed by atoms with Gasteiger partial charge in [0.05, 0.1) is 15.9 Å². The average Bonchev–Trinajstić information content (AvgIpc) is 3.70. The highest BCUT2D eigenvalue weighted by molar-refractivity contribution is 7.25. The van der Waals surface area contributed by atoms with Crippen LogP contribution in [0.15, 0.2) is 194 Å². The van der Waals surface area contributed by atoms with Gasteiger partial charge in [-0.15, -0.1) is 11.3 Å². The fraction of sp³-hybridized carbons (Fsp3) is 0. The summed E-state index contributed by atoms with van der Waals surface area (Å²) in [6.07, 6.45) is 1.84. The van der Waals surface area contributed by atoms with Gasteiger partial charge < -0.3 is 0 Å². The molecular weight excluding hydrogens is 741 g/mol. The smallest absolute Gasteiger partial charge is 0.164 e. The van der Waals surface area contributed by atoms with Gasteiger partial charge in [0.15, 0.2) is 23.3 Å². The predicted molar refractivity (Wildman–Crippen MR) is 242 cm³/mol. The number of benzene rings is 7. The highest BCUT2D eigenvalue weighted by Crippen LogP contribution is 2.40. The quantitative estimate of drug-likeness (QED) is 0.161. The second-order valence-corrected chi connectivity index (χ2v) is 15.3. The molecule has 276 valence electrons. The van der Waals surface area contributed by atoms with E-state index in [9.17, 15) is 0 Å². The summed E-state index contributed by atoms with van der Waals surface area (Å²) in [6.45, 7) is 0. The topological polar surface area (TPSA) is 77.3 Å². The summed E-state index contributed by atoms with van der Waals surface area (Å²) in [5.74, 6) is 2.58. The van der Waals surface area contributed by atoms with Crippen LogP contribution in [-0.2, 0) is 0 Å². The number of hydrogen-bond acceptors (Lipinski definition) is 7. The lowest BCUT2D eigenvalue weighted by Gasteiger charge is -2.13. The first-order valence-corrected chi connectivity index (χ1v) is 20.3. The van der Waals surface area contributed by atoms with Crippen molar-refractivity contribution in [3.8, 4) is 79.1 Å². The molecular formula is C52H32N6S. The molecule has 4 aromatic heterocycles. The van der Waals surface area contributed by atoms with Crippen LogP contribution in [0.3, 0.4) is 0 Å². The molecule has 0 spiro atoms. The Bertz CT molecular complexity index is 3240. The Morgan fingerprint density at radius 1 is 0.305 bits per heavy atom. The van der Waals surface area contributed by atoms with E-state index in [4.69, 9.17) is 24.9 Å². The van der Waals surface area contributed by atoms with Crippen LogP contribution in [0, 0.1) is 0 Å².